The standard InChI is InChI=1S/C28H26F9NO2/c1-16-3-2-11-25(16,24(39)40)20-10-12-38(23(14-20)17-4-6-19(7-5-17)26(29,30)31)15-18-13-21(27(32,33)34)8-9-22(18)28(35,36)37/h2-9,13,16,20,23H,10-12,14-15H2,1H3,(H,39,40)/t16?,20-,23+,25?/m0/s1. The molecule has 2 aromatic carbocycles. The first-order valence-corrected chi connectivity index (χ1v) is 12.5. The molecule has 3 nitrogen and oxygen atoms in total. The Balaban J connectivity index is 1.75. The second-order valence-electron chi connectivity index (χ2n) is 10.5. The van der Waals surface area contributed by atoms with Crippen LogP contribution in [0.1, 0.15) is 60.0 Å². The second-order valence-corrected chi connectivity index (χ2v) is 10.5. The number of rotatable bonds is 5. The van der Waals surface area contributed by atoms with E-state index in [1.807, 2.05) is 0 Å². The van der Waals surface area contributed by atoms with Crippen molar-refractivity contribution in [3.8, 4) is 0 Å². The molecule has 2 aliphatic rings. The number of carbonyl (C=O) groups is 1. The lowest BCUT2D eigenvalue weighted by Crippen LogP contribution is -2.47. The highest BCUT2D eigenvalue weighted by Crippen LogP contribution is 2.52. The van der Waals surface area contributed by atoms with Crippen LogP contribution >= 0.6 is 0 Å². The summed E-state index contributed by atoms with van der Waals surface area (Å²) in [5, 5.41) is 10.2. The maximum atomic E-state index is 13.8. The number of carboxylic acids is 1. The van der Waals surface area contributed by atoms with Gasteiger partial charge in [0.05, 0.1) is 22.1 Å². The Morgan fingerprint density at radius 2 is 1.52 bits per heavy atom. The van der Waals surface area contributed by atoms with E-state index < -0.39 is 70.7 Å². The van der Waals surface area contributed by atoms with Gasteiger partial charge in [-0.25, -0.2) is 0 Å². The van der Waals surface area contributed by atoms with Crippen molar-refractivity contribution < 1.29 is 49.4 Å². The van der Waals surface area contributed by atoms with E-state index in [1.165, 1.54) is 17.0 Å². The molecule has 218 valence electrons. The minimum atomic E-state index is -4.94. The summed E-state index contributed by atoms with van der Waals surface area (Å²) in [6, 6.07) is 4.37. The summed E-state index contributed by atoms with van der Waals surface area (Å²) in [6.45, 7) is 1.21. The number of piperidine rings is 1. The molecule has 1 N–H and O–H groups in total. The zero-order valence-electron chi connectivity index (χ0n) is 21.2. The predicted molar refractivity (Wildman–Crippen MR) is 127 cm³/mol. The third-order valence-electron chi connectivity index (χ3n) is 8.27. The van der Waals surface area contributed by atoms with Gasteiger partial charge in [0.15, 0.2) is 0 Å². The van der Waals surface area contributed by atoms with Gasteiger partial charge >= 0.3 is 24.5 Å². The number of halogens is 9. The van der Waals surface area contributed by atoms with E-state index in [4.69, 9.17) is 0 Å². The number of hydrogen-bond acceptors (Lipinski definition) is 2. The molecular weight excluding hydrogens is 553 g/mol. The molecule has 0 amide bonds. The molecule has 2 unspecified atom stereocenters. The Labute approximate surface area is 224 Å². The number of aliphatic carboxylic acids is 1. The van der Waals surface area contributed by atoms with Gasteiger partial charge in [0.25, 0.3) is 0 Å². The van der Waals surface area contributed by atoms with Gasteiger partial charge in [0, 0.05) is 12.6 Å². The van der Waals surface area contributed by atoms with Crippen LogP contribution in [0.15, 0.2) is 54.6 Å². The highest BCUT2D eigenvalue weighted by molar-refractivity contribution is 5.77. The number of alkyl halides is 9. The van der Waals surface area contributed by atoms with Crippen LogP contribution in [0.5, 0.6) is 0 Å². The van der Waals surface area contributed by atoms with Crippen molar-refractivity contribution in [1.29, 1.82) is 0 Å². The molecule has 1 fully saturated rings. The van der Waals surface area contributed by atoms with Crippen LogP contribution < -0.4 is 0 Å². The summed E-state index contributed by atoms with van der Waals surface area (Å²) in [5.74, 6) is -1.90. The molecular formula is C28H26F9NO2. The third-order valence-corrected chi connectivity index (χ3v) is 8.27. The molecule has 0 aromatic heterocycles. The fourth-order valence-corrected chi connectivity index (χ4v) is 6.13. The van der Waals surface area contributed by atoms with Crippen LogP contribution in [-0.2, 0) is 29.9 Å². The van der Waals surface area contributed by atoms with E-state index in [2.05, 4.69) is 0 Å². The highest BCUT2D eigenvalue weighted by Gasteiger charge is 2.52. The van der Waals surface area contributed by atoms with Crippen molar-refractivity contribution in [1.82, 2.24) is 4.90 Å². The fourth-order valence-electron chi connectivity index (χ4n) is 6.13. The lowest BCUT2D eigenvalue weighted by molar-refractivity contribution is -0.157. The molecule has 2 aromatic rings. The van der Waals surface area contributed by atoms with E-state index in [-0.39, 0.29) is 31.7 Å². The third kappa shape index (κ3) is 5.73. The summed E-state index contributed by atoms with van der Waals surface area (Å²) in [5.41, 5.74) is -4.97. The largest absolute Gasteiger partial charge is 0.481 e. The average molecular weight is 580 g/mol. The zero-order valence-corrected chi connectivity index (χ0v) is 21.2. The van der Waals surface area contributed by atoms with Gasteiger partial charge in [-0.05, 0) is 79.1 Å². The molecule has 1 aliphatic heterocycles. The predicted octanol–water partition coefficient (Wildman–Crippen LogP) is 8.36. The molecule has 0 spiro atoms. The second kappa shape index (κ2) is 10.4. The van der Waals surface area contributed by atoms with Crippen molar-refractivity contribution in [2.75, 3.05) is 6.54 Å². The Kier molecular flexibility index (Phi) is 7.81. The van der Waals surface area contributed by atoms with Gasteiger partial charge in [0.1, 0.15) is 0 Å². The number of allylic oxidation sites excluding steroid dienone is 2. The van der Waals surface area contributed by atoms with Crippen LogP contribution in [-0.4, -0.2) is 22.5 Å². The van der Waals surface area contributed by atoms with E-state index in [1.54, 1.807) is 19.1 Å². The van der Waals surface area contributed by atoms with Crippen molar-refractivity contribution in [3.63, 3.8) is 0 Å². The first-order valence-electron chi connectivity index (χ1n) is 12.5. The quantitative estimate of drug-likeness (QED) is 0.286. The molecule has 4 atom stereocenters. The van der Waals surface area contributed by atoms with Crippen molar-refractivity contribution >= 4 is 5.97 Å². The Morgan fingerprint density at radius 3 is 2.02 bits per heavy atom. The van der Waals surface area contributed by atoms with Gasteiger partial charge in [-0.1, -0.05) is 31.2 Å². The molecule has 0 saturated carbocycles. The first kappa shape index (κ1) is 30.0. The fraction of sp³-hybridized carbons (Fsp3) is 0.464. The average Bonchev–Trinajstić information content (AvgIpc) is 3.25. The van der Waals surface area contributed by atoms with Gasteiger partial charge < -0.3 is 5.11 Å². The van der Waals surface area contributed by atoms with Crippen LogP contribution in [0.4, 0.5) is 39.5 Å². The SMILES string of the molecule is CC1C=CCC1(C(=O)O)[C@H]1CCN(Cc2cc(C(F)(F)F)ccc2C(F)(F)F)[C@@H](c2ccc(C(F)(F)F)cc2)C1. The van der Waals surface area contributed by atoms with Gasteiger partial charge in [0.2, 0.25) is 0 Å². The molecule has 4 rings (SSSR count). The van der Waals surface area contributed by atoms with Gasteiger partial charge in [-0.3, -0.25) is 9.69 Å². The van der Waals surface area contributed by atoms with Gasteiger partial charge in [-0.2, -0.15) is 39.5 Å². The number of benzene rings is 2. The van der Waals surface area contributed by atoms with Crippen LogP contribution in [0.25, 0.3) is 0 Å². The number of hydrogen-bond donors (Lipinski definition) is 1. The van der Waals surface area contributed by atoms with Gasteiger partial charge in [-0.15, -0.1) is 0 Å². The molecule has 40 heavy (non-hydrogen) atoms. The minimum Gasteiger partial charge on any atom is -0.481 e. The summed E-state index contributed by atoms with van der Waals surface area (Å²) in [4.78, 5) is 14.0. The lowest BCUT2D eigenvalue weighted by Gasteiger charge is -2.47. The van der Waals surface area contributed by atoms with Crippen molar-refractivity contribution in [2.24, 2.45) is 17.3 Å². The molecule has 12 heteroatoms. The summed E-state index contributed by atoms with van der Waals surface area (Å²) >= 11 is 0. The van der Waals surface area contributed by atoms with E-state index >= 15 is 0 Å². The summed E-state index contributed by atoms with van der Waals surface area (Å²) in [7, 11) is 0. The first-order chi connectivity index (χ1) is 18.4. The summed E-state index contributed by atoms with van der Waals surface area (Å²) in [6.07, 6.45) is -10.4. The van der Waals surface area contributed by atoms with Crippen molar-refractivity contribution in [3.05, 3.63) is 82.4 Å². The molecule has 1 saturated heterocycles. The number of carboxylic acid groups (broad SMARTS) is 1. The smallest absolute Gasteiger partial charge is 0.416 e. The van der Waals surface area contributed by atoms with E-state index in [0.29, 0.717) is 23.8 Å². The normalized spacial score (nSPS) is 26.3. The molecule has 1 aliphatic carbocycles. The topological polar surface area (TPSA) is 40.5 Å². The monoisotopic (exact) mass is 579 g/mol. The molecule has 0 bridgehead atoms. The van der Waals surface area contributed by atoms with E-state index in [9.17, 15) is 49.4 Å². The lowest BCUT2D eigenvalue weighted by atomic mass is 9.63. The van der Waals surface area contributed by atoms with E-state index in [0.717, 1.165) is 12.1 Å². The zero-order chi connectivity index (χ0) is 29.7. The maximum Gasteiger partial charge on any atom is 0.416 e. The van der Waals surface area contributed by atoms with Crippen LogP contribution in [0.2, 0.25) is 0 Å². The Morgan fingerprint density at radius 1 is 0.925 bits per heavy atom. The summed E-state index contributed by atoms with van der Waals surface area (Å²) < 4.78 is 121. The minimum absolute atomic E-state index is 0.0334. The number of nitrogens with zero attached hydrogens (tertiary/aromatic N) is 1. The maximum absolute atomic E-state index is 13.8. The van der Waals surface area contributed by atoms with Crippen LogP contribution in [0.3, 0.4) is 0 Å². The Hall–Kier alpha value is -3.02. The van der Waals surface area contributed by atoms with Crippen LogP contribution in [0, 0.1) is 17.3 Å². The number of likely N-dealkylation sites (tertiary alicyclic amines) is 1. The molecule has 1 heterocycles. The molecule has 0 radical (unpaired) electrons. The van der Waals surface area contributed by atoms with Crippen molar-refractivity contribution in [2.45, 2.75) is 57.3 Å². The highest BCUT2D eigenvalue weighted by atomic mass is 19.4. The Bertz CT molecular complexity index is 1260.